The summed E-state index contributed by atoms with van der Waals surface area (Å²) in [6.45, 7) is 6.89. The van der Waals surface area contributed by atoms with Gasteiger partial charge in [0, 0.05) is 24.3 Å². The van der Waals surface area contributed by atoms with E-state index in [1.807, 2.05) is 6.07 Å². The molecule has 2 unspecified atom stereocenters. The van der Waals surface area contributed by atoms with Crippen LogP contribution in [-0.4, -0.2) is 51.9 Å². The van der Waals surface area contributed by atoms with E-state index in [9.17, 15) is 13.2 Å². The van der Waals surface area contributed by atoms with Gasteiger partial charge in [-0.2, -0.15) is 8.99 Å². The van der Waals surface area contributed by atoms with Gasteiger partial charge in [0.15, 0.2) is 5.82 Å². The third kappa shape index (κ3) is 4.56. The number of benzene rings is 2. The van der Waals surface area contributed by atoms with Crippen LogP contribution < -0.4 is 5.32 Å². The highest BCUT2D eigenvalue weighted by molar-refractivity contribution is 7.89. The number of sulfonamides is 1. The summed E-state index contributed by atoms with van der Waals surface area (Å²) in [7, 11) is -3.67. The molecule has 2 aromatic carbocycles. The summed E-state index contributed by atoms with van der Waals surface area (Å²) in [5, 5.41) is 14.2. The molecule has 10 heteroatoms. The lowest BCUT2D eigenvalue weighted by molar-refractivity contribution is 0.102. The summed E-state index contributed by atoms with van der Waals surface area (Å²) in [5.41, 5.74) is 1.53. The standard InChI is InChI=1S/C22H26N6O3S/c1-15-10-16(2)14-27(13-15)32(30,31)21-9-4-6-18(11-21)22(29)23-19-7-5-8-20(12-19)28-17(3)24-25-26-28/h4-9,11-12,15-16H,10,13-14H2,1-3H3,(H,23,29). The molecule has 1 aromatic heterocycles. The van der Waals surface area contributed by atoms with Gasteiger partial charge in [-0.1, -0.05) is 26.0 Å². The molecule has 2 heterocycles. The number of nitrogens with one attached hydrogen (secondary N) is 1. The third-order valence-corrected chi connectivity index (χ3v) is 7.37. The fourth-order valence-corrected chi connectivity index (χ4v) is 5.86. The number of aryl methyl sites for hydroxylation is 1. The van der Waals surface area contributed by atoms with Crippen LogP contribution in [0.3, 0.4) is 0 Å². The van der Waals surface area contributed by atoms with E-state index in [0.717, 1.165) is 6.42 Å². The van der Waals surface area contributed by atoms with Crippen molar-refractivity contribution in [3.8, 4) is 5.69 Å². The van der Waals surface area contributed by atoms with Crippen LogP contribution in [0.25, 0.3) is 5.69 Å². The van der Waals surface area contributed by atoms with Gasteiger partial charge in [-0.05, 0) is 72.0 Å². The van der Waals surface area contributed by atoms with Gasteiger partial charge in [0.2, 0.25) is 10.0 Å². The van der Waals surface area contributed by atoms with Gasteiger partial charge in [0.25, 0.3) is 5.91 Å². The van der Waals surface area contributed by atoms with Crippen molar-refractivity contribution >= 4 is 21.6 Å². The lowest BCUT2D eigenvalue weighted by Crippen LogP contribution is -2.42. The highest BCUT2D eigenvalue weighted by Gasteiger charge is 2.32. The van der Waals surface area contributed by atoms with E-state index < -0.39 is 15.9 Å². The molecule has 0 radical (unpaired) electrons. The fourth-order valence-electron chi connectivity index (χ4n) is 4.14. The molecule has 1 fully saturated rings. The Morgan fingerprint density at radius 2 is 1.78 bits per heavy atom. The molecule has 1 amide bonds. The van der Waals surface area contributed by atoms with Gasteiger partial charge in [-0.3, -0.25) is 4.79 Å². The minimum Gasteiger partial charge on any atom is -0.322 e. The molecule has 32 heavy (non-hydrogen) atoms. The zero-order valence-corrected chi connectivity index (χ0v) is 19.1. The summed E-state index contributed by atoms with van der Waals surface area (Å²) >= 11 is 0. The SMILES string of the molecule is Cc1nnnn1-c1cccc(NC(=O)c2cccc(S(=O)(=O)N3CC(C)CC(C)C3)c2)c1. The predicted molar refractivity (Wildman–Crippen MR) is 120 cm³/mol. The van der Waals surface area contributed by atoms with Crippen LogP contribution in [0.2, 0.25) is 0 Å². The Labute approximate surface area is 187 Å². The molecule has 2 atom stereocenters. The maximum absolute atomic E-state index is 13.2. The number of anilines is 1. The van der Waals surface area contributed by atoms with Crippen LogP contribution in [-0.2, 0) is 10.0 Å². The summed E-state index contributed by atoms with van der Waals surface area (Å²) in [6, 6.07) is 13.3. The number of hydrogen-bond acceptors (Lipinski definition) is 6. The molecule has 0 saturated carbocycles. The van der Waals surface area contributed by atoms with Crippen LogP contribution in [0.5, 0.6) is 0 Å². The summed E-state index contributed by atoms with van der Waals surface area (Å²) in [5.74, 6) is 0.827. The largest absolute Gasteiger partial charge is 0.322 e. The number of nitrogens with zero attached hydrogens (tertiary/aromatic N) is 5. The van der Waals surface area contributed by atoms with Crippen LogP contribution in [0.4, 0.5) is 5.69 Å². The summed E-state index contributed by atoms with van der Waals surface area (Å²) < 4.78 is 29.5. The third-order valence-electron chi connectivity index (χ3n) is 5.54. The van der Waals surface area contributed by atoms with Crippen LogP contribution in [0.15, 0.2) is 53.4 Å². The number of aromatic nitrogens is 4. The molecule has 3 aromatic rings. The first-order valence-electron chi connectivity index (χ1n) is 10.5. The Kier molecular flexibility index (Phi) is 6.07. The van der Waals surface area contributed by atoms with Crippen molar-refractivity contribution in [1.29, 1.82) is 0 Å². The van der Waals surface area contributed by atoms with E-state index >= 15 is 0 Å². The summed E-state index contributed by atoms with van der Waals surface area (Å²) in [6.07, 6.45) is 1.01. The van der Waals surface area contributed by atoms with E-state index in [2.05, 4.69) is 34.7 Å². The smallest absolute Gasteiger partial charge is 0.255 e. The van der Waals surface area contributed by atoms with Crippen molar-refractivity contribution in [2.75, 3.05) is 18.4 Å². The van der Waals surface area contributed by atoms with Gasteiger partial charge < -0.3 is 5.32 Å². The highest BCUT2D eigenvalue weighted by Crippen LogP contribution is 2.27. The number of rotatable bonds is 5. The van der Waals surface area contributed by atoms with Gasteiger partial charge in [-0.15, -0.1) is 5.10 Å². The maximum Gasteiger partial charge on any atom is 0.255 e. The van der Waals surface area contributed by atoms with Crippen molar-refractivity contribution in [2.24, 2.45) is 11.8 Å². The van der Waals surface area contributed by atoms with E-state index in [1.54, 1.807) is 41.9 Å². The molecule has 0 bridgehead atoms. The molecular formula is C22H26N6O3S. The van der Waals surface area contributed by atoms with Gasteiger partial charge in [-0.25, -0.2) is 8.42 Å². The van der Waals surface area contributed by atoms with Crippen LogP contribution in [0, 0.1) is 18.8 Å². The first-order valence-corrected chi connectivity index (χ1v) is 11.9. The Bertz CT molecular complexity index is 1230. The van der Waals surface area contributed by atoms with E-state index in [4.69, 9.17) is 0 Å². The minimum atomic E-state index is -3.67. The molecule has 1 aliphatic rings. The number of carbonyl (C=O) groups is 1. The van der Waals surface area contributed by atoms with Gasteiger partial charge in [0.05, 0.1) is 10.6 Å². The van der Waals surface area contributed by atoms with Crippen molar-refractivity contribution in [3.05, 3.63) is 59.9 Å². The average molecular weight is 455 g/mol. The number of tetrazole rings is 1. The molecular weight excluding hydrogens is 428 g/mol. The van der Waals surface area contributed by atoms with Crippen LogP contribution >= 0.6 is 0 Å². The quantitative estimate of drug-likeness (QED) is 0.635. The Hall–Kier alpha value is -3.11. The molecule has 1 aliphatic heterocycles. The number of hydrogen-bond donors (Lipinski definition) is 1. The van der Waals surface area contributed by atoms with Crippen molar-refractivity contribution in [1.82, 2.24) is 24.5 Å². The zero-order chi connectivity index (χ0) is 22.9. The molecule has 4 rings (SSSR count). The Morgan fingerprint density at radius 3 is 2.47 bits per heavy atom. The van der Waals surface area contributed by atoms with Gasteiger partial charge >= 0.3 is 0 Å². The molecule has 1 N–H and O–H groups in total. The first kappa shape index (κ1) is 22.1. The second-order valence-corrected chi connectivity index (χ2v) is 10.4. The van der Waals surface area contributed by atoms with Crippen molar-refractivity contribution < 1.29 is 13.2 Å². The number of carbonyl (C=O) groups excluding carboxylic acids is 1. The van der Waals surface area contributed by atoms with E-state index in [-0.39, 0.29) is 10.5 Å². The lowest BCUT2D eigenvalue weighted by Gasteiger charge is -2.34. The summed E-state index contributed by atoms with van der Waals surface area (Å²) in [4.78, 5) is 13.0. The van der Waals surface area contributed by atoms with Crippen molar-refractivity contribution in [2.45, 2.75) is 32.1 Å². The molecule has 168 valence electrons. The van der Waals surface area contributed by atoms with Crippen LogP contribution in [0.1, 0.15) is 36.5 Å². The second-order valence-electron chi connectivity index (χ2n) is 8.44. The van der Waals surface area contributed by atoms with Gasteiger partial charge in [0.1, 0.15) is 0 Å². The zero-order valence-electron chi connectivity index (χ0n) is 18.3. The highest BCUT2D eigenvalue weighted by atomic mass is 32.2. The molecule has 9 nitrogen and oxygen atoms in total. The average Bonchev–Trinajstić information content (AvgIpc) is 3.19. The predicted octanol–water partition coefficient (Wildman–Crippen LogP) is 2.89. The number of amides is 1. The number of piperidine rings is 1. The monoisotopic (exact) mass is 454 g/mol. The Morgan fingerprint density at radius 1 is 1.06 bits per heavy atom. The van der Waals surface area contributed by atoms with E-state index in [1.165, 1.54) is 16.4 Å². The lowest BCUT2D eigenvalue weighted by atomic mass is 9.94. The fraction of sp³-hybridized carbons (Fsp3) is 0.364. The Balaban J connectivity index is 1.55. The maximum atomic E-state index is 13.2. The normalized spacial score (nSPS) is 19.6. The first-order chi connectivity index (χ1) is 15.2. The molecule has 0 spiro atoms. The van der Waals surface area contributed by atoms with E-state index in [0.29, 0.717) is 42.1 Å². The second kappa shape index (κ2) is 8.79. The van der Waals surface area contributed by atoms with Crippen molar-refractivity contribution in [3.63, 3.8) is 0 Å². The molecule has 0 aliphatic carbocycles. The minimum absolute atomic E-state index is 0.129. The molecule has 1 saturated heterocycles. The topological polar surface area (TPSA) is 110 Å².